The van der Waals surface area contributed by atoms with E-state index < -0.39 is 0 Å². The van der Waals surface area contributed by atoms with Crippen LogP contribution in [0, 0.1) is 0 Å². The van der Waals surface area contributed by atoms with Crippen LogP contribution in [-0.2, 0) is 6.42 Å². The molecule has 1 amide bonds. The zero-order chi connectivity index (χ0) is 17.2. The summed E-state index contributed by atoms with van der Waals surface area (Å²) in [6.45, 7) is 3.57. The number of amides is 1. The fourth-order valence-electron chi connectivity index (χ4n) is 2.28. The molecule has 0 saturated carbocycles. The number of carbonyl (C=O) groups is 1. The number of hydrogen-bond acceptors (Lipinski definition) is 4. The minimum atomic E-state index is -0.0705. The maximum Gasteiger partial charge on any atom is 0.252 e. The van der Waals surface area contributed by atoms with Crippen LogP contribution in [0.25, 0.3) is 0 Å². The molecular formula is C19H25N3O2. The Kier molecular flexibility index (Phi) is 7.08. The van der Waals surface area contributed by atoms with Crippen molar-refractivity contribution in [2.24, 2.45) is 0 Å². The number of rotatable bonds is 9. The molecule has 1 heterocycles. The molecule has 0 spiro atoms. The van der Waals surface area contributed by atoms with Crippen LogP contribution in [0.1, 0.15) is 35.7 Å². The average molecular weight is 327 g/mol. The maximum atomic E-state index is 11.9. The Balaban J connectivity index is 1.80. The van der Waals surface area contributed by atoms with Gasteiger partial charge >= 0.3 is 0 Å². The predicted molar refractivity (Wildman–Crippen MR) is 96.7 cm³/mol. The maximum absolute atomic E-state index is 11.9. The van der Waals surface area contributed by atoms with Gasteiger partial charge in [-0.1, -0.05) is 25.5 Å². The third kappa shape index (κ3) is 5.57. The van der Waals surface area contributed by atoms with Crippen LogP contribution in [-0.4, -0.2) is 31.1 Å². The summed E-state index contributed by atoms with van der Waals surface area (Å²) in [5, 5.41) is 6.15. The summed E-state index contributed by atoms with van der Waals surface area (Å²) in [4.78, 5) is 16.2. The molecular weight excluding hydrogens is 302 g/mol. The van der Waals surface area contributed by atoms with Gasteiger partial charge < -0.3 is 15.4 Å². The lowest BCUT2D eigenvalue weighted by molar-refractivity contribution is 0.0953. The zero-order valence-electron chi connectivity index (χ0n) is 14.3. The van der Waals surface area contributed by atoms with Gasteiger partial charge in [0.05, 0.1) is 12.7 Å². The molecule has 24 heavy (non-hydrogen) atoms. The summed E-state index contributed by atoms with van der Waals surface area (Å²) >= 11 is 0. The first-order valence-corrected chi connectivity index (χ1v) is 8.34. The summed E-state index contributed by atoms with van der Waals surface area (Å²) in [5.74, 6) is 1.56. The third-order valence-corrected chi connectivity index (χ3v) is 3.70. The van der Waals surface area contributed by atoms with E-state index in [-0.39, 0.29) is 5.91 Å². The molecule has 0 fully saturated rings. The zero-order valence-corrected chi connectivity index (χ0v) is 14.3. The molecule has 0 saturated heterocycles. The van der Waals surface area contributed by atoms with Crippen molar-refractivity contribution in [3.63, 3.8) is 0 Å². The number of pyridine rings is 1. The van der Waals surface area contributed by atoms with Crippen molar-refractivity contribution in [3.8, 4) is 5.75 Å². The number of ether oxygens (including phenoxy) is 1. The van der Waals surface area contributed by atoms with Crippen LogP contribution in [0.5, 0.6) is 5.75 Å². The third-order valence-electron chi connectivity index (χ3n) is 3.70. The van der Waals surface area contributed by atoms with E-state index in [4.69, 9.17) is 4.74 Å². The lowest BCUT2D eigenvalue weighted by atomic mass is 10.1. The van der Waals surface area contributed by atoms with Crippen LogP contribution in [0.2, 0.25) is 0 Å². The predicted octanol–water partition coefficient (Wildman–Crippen LogP) is 3.27. The first-order valence-electron chi connectivity index (χ1n) is 8.34. The summed E-state index contributed by atoms with van der Waals surface area (Å²) in [6, 6.07) is 11.6. The smallest absolute Gasteiger partial charge is 0.252 e. The molecule has 0 atom stereocenters. The molecule has 0 aliphatic rings. The molecule has 1 aromatic carbocycles. The van der Waals surface area contributed by atoms with Crippen molar-refractivity contribution in [2.45, 2.75) is 26.2 Å². The van der Waals surface area contributed by atoms with Gasteiger partial charge in [-0.15, -0.1) is 0 Å². The molecule has 0 bridgehead atoms. The second kappa shape index (κ2) is 9.55. The number of carbonyl (C=O) groups excluding carboxylic acids is 1. The van der Waals surface area contributed by atoms with E-state index in [0.717, 1.165) is 37.4 Å². The Labute approximate surface area is 143 Å². The topological polar surface area (TPSA) is 63.2 Å². The van der Waals surface area contributed by atoms with E-state index in [0.29, 0.717) is 12.1 Å². The SMILES string of the molecule is CCCCNC(=O)c1ccc(NCCc2cccc(OC)c2)nc1. The molecule has 128 valence electrons. The summed E-state index contributed by atoms with van der Waals surface area (Å²) in [7, 11) is 1.67. The van der Waals surface area contributed by atoms with E-state index in [9.17, 15) is 4.79 Å². The van der Waals surface area contributed by atoms with Gasteiger partial charge in [0.2, 0.25) is 0 Å². The van der Waals surface area contributed by atoms with E-state index >= 15 is 0 Å². The van der Waals surface area contributed by atoms with Crippen LogP contribution >= 0.6 is 0 Å². The van der Waals surface area contributed by atoms with E-state index in [2.05, 4.69) is 28.6 Å². The monoisotopic (exact) mass is 327 g/mol. The van der Waals surface area contributed by atoms with Crippen LogP contribution in [0.3, 0.4) is 0 Å². The largest absolute Gasteiger partial charge is 0.497 e. The highest BCUT2D eigenvalue weighted by Gasteiger charge is 2.05. The highest BCUT2D eigenvalue weighted by molar-refractivity contribution is 5.94. The Bertz CT molecular complexity index is 641. The lowest BCUT2D eigenvalue weighted by Gasteiger charge is -2.08. The van der Waals surface area contributed by atoms with Crippen molar-refractivity contribution in [1.82, 2.24) is 10.3 Å². The van der Waals surface area contributed by atoms with Crippen molar-refractivity contribution in [1.29, 1.82) is 0 Å². The molecule has 0 aliphatic carbocycles. The van der Waals surface area contributed by atoms with Gasteiger partial charge in [-0.05, 0) is 42.7 Å². The first kappa shape index (κ1) is 17.8. The first-order chi connectivity index (χ1) is 11.7. The van der Waals surface area contributed by atoms with Crippen LogP contribution in [0.4, 0.5) is 5.82 Å². The van der Waals surface area contributed by atoms with Gasteiger partial charge in [-0.25, -0.2) is 4.98 Å². The number of aromatic nitrogens is 1. The number of hydrogen-bond donors (Lipinski definition) is 2. The van der Waals surface area contributed by atoms with Crippen LogP contribution in [0.15, 0.2) is 42.6 Å². The van der Waals surface area contributed by atoms with Gasteiger partial charge in [0.1, 0.15) is 11.6 Å². The van der Waals surface area contributed by atoms with E-state index in [1.807, 2.05) is 24.3 Å². The van der Waals surface area contributed by atoms with E-state index in [1.165, 1.54) is 5.56 Å². The van der Waals surface area contributed by atoms with Crippen molar-refractivity contribution < 1.29 is 9.53 Å². The second-order valence-corrected chi connectivity index (χ2v) is 5.57. The molecule has 1 aromatic heterocycles. The van der Waals surface area contributed by atoms with Crippen molar-refractivity contribution in [2.75, 3.05) is 25.5 Å². The Morgan fingerprint density at radius 1 is 1.21 bits per heavy atom. The fraction of sp³-hybridized carbons (Fsp3) is 0.368. The molecule has 2 N–H and O–H groups in total. The molecule has 2 rings (SSSR count). The standard InChI is InChI=1S/C19H25N3O2/c1-3-4-11-21-19(23)16-8-9-18(22-14-16)20-12-10-15-6-5-7-17(13-15)24-2/h5-9,13-14H,3-4,10-12H2,1-2H3,(H,20,22)(H,21,23). The molecule has 2 aromatic rings. The van der Waals surface area contributed by atoms with Gasteiger partial charge in [0.15, 0.2) is 0 Å². The Hall–Kier alpha value is -2.56. The normalized spacial score (nSPS) is 10.2. The Morgan fingerprint density at radius 3 is 2.79 bits per heavy atom. The summed E-state index contributed by atoms with van der Waals surface area (Å²) < 4.78 is 5.22. The number of anilines is 1. The van der Waals surface area contributed by atoms with Crippen LogP contribution < -0.4 is 15.4 Å². The number of nitrogens with one attached hydrogen (secondary N) is 2. The molecule has 5 nitrogen and oxygen atoms in total. The quantitative estimate of drug-likeness (QED) is 0.694. The van der Waals surface area contributed by atoms with Gasteiger partial charge in [-0.2, -0.15) is 0 Å². The van der Waals surface area contributed by atoms with Gasteiger partial charge in [0.25, 0.3) is 5.91 Å². The summed E-state index contributed by atoms with van der Waals surface area (Å²) in [6.07, 6.45) is 4.53. The highest BCUT2D eigenvalue weighted by atomic mass is 16.5. The van der Waals surface area contributed by atoms with Gasteiger partial charge in [-0.3, -0.25) is 4.79 Å². The molecule has 0 radical (unpaired) electrons. The number of benzene rings is 1. The fourth-order valence-corrected chi connectivity index (χ4v) is 2.28. The minimum absolute atomic E-state index is 0.0705. The lowest BCUT2D eigenvalue weighted by Crippen LogP contribution is -2.24. The van der Waals surface area contributed by atoms with Gasteiger partial charge in [0, 0.05) is 19.3 Å². The number of methoxy groups -OCH3 is 1. The van der Waals surface area contributed by atoms with Crippen molar-refractivity contribution in [3.05, 3.63) is 53.7 Å². The number of unbranched alkanes of at least 4 members (excludes halogenated alkanes) is 1. The van der Waals surface area contributed by atoms with E-state index in [1.54, 1.807) is 19.4 Å². The minimum Gasteiger partial charge on any atom is -0.497 e. The molecule has 5 heteroatoms. The number of nitrogens with zero attached hydrogens (tertiary/aromatic N) is 1. The summed E-state index contributed by atoms with van der Waals surface area (Å²) in [5.41, 5.74) is 1.79. The highest BCUT2D eigenvalue weighted by Crippen LogP contribution is 2.13. The average Bonchev–Trinajstić information content (AvgIpc) is 2.62. The molecule has 0 aliphatic heterocycles. The van der Waals surface area contributed by atoms with Crippen molar-refractivity contribution >= 4 is 11.7 Å². The second-order valence-electron chi connectivity index (χ2n) is 5.57. The Morgan fingerprint density at radius 2 is 2.08 bits per heavy atom. The molecule has 0 unspecified atom stereocenters.